The number of hydrogen-bond acceptors (Lipinski definition) is 4. The van der Waals surface area contributed by atoms with E-state index in [-0.39, 0.29) is 5.54 Å². The van der Waals surface area contributed by atoms with Gasteiger partial charge in [-0.3, -0.25) is 4.68 Å². The molecule has 0 saturated heterocycles. The minimum absolute atomic E-state index is 0.0251. The van der Waals surface area contributed by atoms with Crippen LogP contribution in [0.1, 0.15) is 57.6 Å². The third kappa shape index (κ3) is 4.57. The lowest BCUT2D eigenvalue weighted by molar-refractivity contribution is 0.201. The van der Waals surface area contributed by atoms with Gasteiger partial charge in [-0.15, -0.1) is 0 Å². The number of pyridine rings is 1. The van der Waals surface area contributed by atoms with Crippen LogP contribution in [0.2, 0.25) is 0 Å². The van der Waals surface area contributed by atoms with Crippen LogP contribution in [0.3, 0.4) is 0 Å². The Morgan fingerprint density at radius 2 is 1.88 bits per heavy atom. The summed E-state index contributed by atoms with van der Waals surface area (Å²) < 4.78 is 7.90. The first-order valence-electron chi connectivity index (χ1n) is 8.87. The second-order valence-corrected chi connectivity index (χ2v) is 7.60. The van der Waals surface area contributed by atoms with Crippen LogP contribution in [0.5, 0.6) is 5.88 Å². The summed E-state index contributed by atoms with van der Waals surface area (Å²) in [5.74, 6) is 0.747. The zero-order valence-corrected chi connectivity index (χ0v) is 15.0. The fraction of sp³-hybridized carbons (Fsp3) is 0.579. The summed E-state index contributed by atoms with van der Waals surface area (Å²) in [5, 5.41) is 7.86. The summed E-state index contributed by atoms with van der Waals surface area (Å²) in [7, 11) is 0. The molecule has 1 N–H and O–H groups in total. The van der Waals surface area contributed by atoms with Crippen LogP contribution in [-0.2, 0) is 18.6 Å². The average molecular weight is 328 g/mol. The summed E-state index contributed by atoms with van der Waals surface area (Å²) >= 11 is 0. The average Bonchev–Trinajstić information content (AvgIpc) is 3.20. The molecule has 3 rings (SSSR count). The third-order valence-electron chi connectivity index (χ3n) is 4.37. The Morgan fingerprint density at radius 3 is 2.50 bits per heavy atom. The van der Waals surface area contributed by atoms with Gasteiger partial charge in [-0.25, -0.2) is 4.98 Å². The second-order valence-electron chi connectivity index (χ2n) is 7.60. The molecule has 130 valence electrons. The molecule has 1 aliphatic carbocycles. The van der Waals surface area contributed by atoms with Crippen molar-refractivity contribution in [3.63, 3.8) is 0 Å². The van der Waals surface area contributed by atoms with Gasteiger partial charge in [0, 0.05) is 37.1 Å². The maximum Gasteiger partial charge on any atom is 0.213 e. The Balaban J connectivity index is 1.45. The number of hydrogen-bond donors (Lipinski definition) is 1. The van der Waals surface area contributed by atoms with Crippen LogP contribution in [0.25, 0.3) is 0 Å². The van der Waals surface area contributed by atoms with Gasteiger partial charge in [-0.05, 0) is 52.0 Å². The Bertz CT molecular complexity index is 636. The Hall–Kier alpha value is -1.88. The molecule has 2 heterocycles. The summed E-state index contributed by atoms with van der Waals surface area (Å²) in [5.41, 5.74) is 2.38. The predicted octanol–water partition coefficient (Wildman–Crippen LogP) is 3.64. The molecular weight excluding hydrogens is 300 g/mol. The molecule has 1 fully saturated rings. The lowest BCUT2D eigenvalue weighted by atomic mass is 10.1. The zero-order chi connectivity index (χ0) is 17.0. The molecule has 2 aromatic rings. The van der Waals surface area contributed by atoms with Crippen LogP contribution in [0, 0.1) is 0 Å². The van der Waals surface area contributed by atoms with Crippen LogP contribution in [0.15, 0.2) is 30.7 Å². The fourth-order valence-corrected chi connectivity index (χ4v) is 2.93. The third-order valence-corrected chi connectivity index (χ3v) is 4.37. The molecule has 0 atom stereocenters. The molecule has 0 unspecified atom stereocenters. The van der Waals surface area contributed by atoms with Gasteiger partial charge in [0.2, 0.25) is 5.88 Å². The highest BCUT2D eigenvalue weighted by Gasteiger charge is 2.17. The van der Waals surface area contributed by atoms with Crippen molar-refractivity contribution in [2.75, 3.05) is 0 Å². The lowest BCUT2D eigenvalue weighted by Gasteiger charge is -2.18. The van der Waals surface area contributed by atoms with Gasteiger partial charge >= 0.3 is 0 Å². The number of rotatable bonds is 6. The Morgan fingerprint density at radius 1 is 1.12 bits per heavy atom. The van der Waals surface area contributed by atoms with Crippen molar-refractivity contribution >= 4 is 0 Å². The Kier molecular flexibility index (Phi) is 5.19. The van der Waals surface area contributed by atoms with Crippen molar-refractivity contribution in [1.29, 1.82) is 0 Å². The minimum atomic E-state index is 0.0251. The van der Waals surface area contributed by atoms with Crippen LogP contribution >= 0.6 is 0 Å². The monoisotopic (exact) mass is 328 g/mol. The molecular formula is C19H28N4O. The first kappa shape index (κ1) is 17.0. The van der Waals surface area contributed by atoms with E-state index >= 15 is 0 Å². The van der Waals surface area contributed by atoms with E-state index in [9.17, 15) is 0 Å². The molecule has 1 aliphatic rings. The molecule has 24 heavy (non-hydrogen) atoms. The van der Waals surface area contributed by atoms with E-state index in [4.69, 9.17) is 4.74 Å². The summed E-state index contributed by atoms with van der Waals surface area (Å²) in [6, 6.07) is 4.07. The van der Waals surface area contributed by atoms with Gasteiger partial charge in [-0.2, -0.15) is 5.10 Å². The first-order valence-corrected chi connectivity index (χ1v) is 8.87. The van der Waals surface area contributed by atoms with E-state index in [0.29, 0.717) is 6.10 Å². The predicted molar refractivity (Wildman–Crippen MR) is 94.9 cm³/mol. The molecule has 1 saturated carbocycles. The maximum absolute atomic E-state index is 5.90. The smallest absolute Gasteiger partial charge is 0.213 e. The van der Waals surface area contributed by atoms with Crippen molar-refractivity contribution in [3.8, 4) is 5.88 Å². The minimum Gasteiger partial charge on any atom is -0.474 e. The maximum atomic E-state index is 5.90. The van der Waals surface area contributed by atoms with E-state index in [0.717, 1.165) is 37.4 Å². The van der Waals surface area contributed by atoms with Gasteiger partial charge in [0.15, 0.2) is 0 Å². The Labute approximate surface area is 144 Å². The summed E-state index contributed by atoms with van der Waals surface area (Å²) in [6.45, 7) is 8.04. The van der Waals surface area contributed by atoms with Gasteiger partial charge in [0.05, 0.1) is 11.7 Å². The van der Waals surface area contributed by atoms with E-state index in [1.54, 1.807) is 0 Å². The van der Waals surface area contributed by atoms with Crippen LogP contribution < -0.4 is 10.1 Å². The molecule has 0 amide bonds. The number of nitrogens with zero attached hydrogens (tertiary/aromatic N) is 3. The van der Waals surface area contributed by atoms with Gasteiger partial charge in [-0.1, -0.05) is 6.07 Å². The molecule has 0 spiro atoms. The van der Waals surface area contributed by atoms with Crippen LogP contribution in [0.4, 0.5) is 0 Å². The van der Waals surface area contributed by atoms with Crippen molar-refractivity contribution in [3.05, 3.63) is 41.9 Å². The molecule has 2 aromatic heterocycles. The standard InChI is InChI=1S/C19H28N4O/c1-19(2,3)23-14-16(13-22-23)11-20-10-15-8-9-18(21-12-15)24-17-6-4-5-7-17/h8-9,12-14,17,20H,4-7,10-11H2,1-3H3. The van der Waals surface area contributed by atoms with Gasteiger partial charge in [0.25, 0.3) is 0 Å². The second kappa shape index (κ2) is 7.34. The molecule has 5 heteroatoms. The molecule has 0 radical (unpaired) electrons. The highest BCUT2D eigenvalue weighted by molar-refractivity contribution is 5.18. The van der Waals surface area contributed by atoms with E-state index in [1.165, 1.54) is 18.4 Å². The van der Waals surface area contributed by atoms with Crippen molar-refractivity contribution in [2.24, 2.45) is 0 Å². The van der Waals surface area contributed by atoms with E-state index in [1.807, 2.05) is 23.1 Å². The number of aromatic nitrogens is 3. The molecule has 0 aliphatic heterocycles. The number of ether oxygens (including phenoxy) is 1. The molecule has 5 nitrogen and oxygen atoms in total. The van der Waals surface area contributed by atoms with Gasteiger partial charge < -0.3 is 10.1 Å². The fourth-order valence-electron chi connectivity index (χ4n) is 2.93. The van der Waals surface area contributed by atoms with Gasteiger partial charge in [0.1, 0.15) is 6.10 Å². The van der Waals surface area contributed by atoms with Crippen molar-refractivity contribution in [1.82, 2.24) is 20.1 Å². The first-order chi connectivity index (χ1) is 11.5. The van der Waals surface area contributed by atoms with Crippen molar-refractivity contribution < 1.29 is 4.74 Å². The summed E-state index contributed by atoms with van der Waals surface area (Å²) in [4.78, 5) is 4.43. The van der Waals surface area contributed by atoms with E-state index < -0.39 is 0 Å². The quantitative estimate of drug-likeness (QED) is 0.879. The van der Waals surface area contributed by atoms with Crippen molar-refractivity contribution in [2.45, 2.75) is 71.2 Å². The largest absolute Gasteiger partial charge is 0.474 e. The zero-order valence-electron chi connectivity index (χ0n) is 15.0. The van der Waals surface area contributed by atoms with Crippen LogP contribution in [-0.4, -0.2) is 20.9 Å². The molecule has 0 aromatic carbocycles. The summed E-state index contributed by atoms with van der Waals surface area (Å²) in [6.07, 6.45) is 11.2. The highest BCUT2D eigenvalue weighted by Crippen LogP contribution is 2.22. The SMILES string of the molecule is CC(C)(C)n1cc(CNCc2ccc(OC3CCCC3)nc2)cn1. The molecule has 0 bridgehead atoms. The lowest BCUT2D eigenvalue weighted by Crippen LogP contribution is -2.22. The topological polar surface area (TPSA) is 52.0 Å². The normalized spacial score (nSPS) is 15.8. The van der Waals surface area contributed by atoms with E-state index in [2.05, 4.69) is 48.4 Å². The highest BCUT2D eigenvalue weighted by atomic mass is 16.5. The number of nitrogens with one attached hydrogen (secondary N) is 1.